The first kappa shape index (κ1) is 8.87. The van der Waals surface area contributed by atoms with Crippen molar-refractivity contribution < 1.29 is 13.9 Å². The number of aliphatic hydroxyl groups excluding tert-OH is 1. The third kappa shape index (κ3) is 2.10. The van der Waals surface area contributed by atoms with Crippen molar-refractivity contribution in [3.05, 3.63) is 0 Å². The van der Waals surface area contributed by atoms with E-state index in [9.17, 15) is 8.78 Å². The average Bonchev–Trinajstić information content (AvgIpc) is 2.36. The van der Waals surface area contributed by atoms with E-state index >= 15 is 0 Å². The van der Waals surface area contributed by atoms with Gasteiger partial charge in [-0.2, -0.15) is 0 Å². The van der Waals surface area contributed by atoms with Crippen LogP contribution in [0.1, 0.15) is 12.8 Å². The first-order valence-corrected chi connectivity index (χ1v) is 3.88. The van der Waals surface area contributed by atoms with Crippen LogP contribution in [0.15, 0.2) is 0 Å². The molecule has 1 saturated heterocycles. The van der Waals surface area contributed by atoms with Crippen molar-refractivity contribution in [3.8, 4) is 0 Å². The van der Waals surface area contributed by atoms with Crippen LogP contribution >= 0.6 is 0 Å². The smallest absolute Gasteiger partial charge is 0.253 e. The summed E-state index contributed by atoms with van der Waals surface area (Å²) in [5.41, 5.74) is 0. The summed E-state index contributed by atoms with van der Waals surface area (Å²) < 4.78 is 24.4. The van der Waals surface area contributed by atoms with E-state index in [1.165, 1.54) is 0 Å². The molecule has 0 aromatic carbocycles. The highest BCUT2D eigenvalue weighted by atomic mass is 19.3. The number of halogens is 2. The van der Waals surface area contributed by atoms with E-state index in [2.05, 4.69) is 0 Å². The number of nitrogens with zero attached hydrogens (tertiary/aromatic N) is 1. The van der Waals surface area contributed by atoms with Gasteiger partial charge in [0.1, 0.15) is 0 Å². The third-order valence-electron chi connectivity index (χ3n) is 2.09. The summed E-state index contributed by atoms with van der Waals surface area (Å²) >= 11 is 0. The van der Waals surface area contributed by atoms with Crippen LogP contribution in [0.4, 0.5) is 8.78 Å². The Hall–Kier alpha value is -0.220. The SMILES string of the molecule is OCCN1CCC[C@@H]1C(F)F. The van der Waals surface area contributed by atoms with Gasteiger partial charge in [0.25, 0.3) is 6.43 Å². The Kier molecular flexibility index (Phi) is 3.20. The molecule has 1 heterocycles. The lowest BCUT2D eigenvalue weighted by molar-refractivity contribution is 0.0403. The van der Waals surface area contributed by atoms with Gasteiger partial charge in [-0.15, -0.1) is 0 Å². The van der Waals surface area contributed by atoms with Gasteiger partial charge in [-0.25, -0.2) is 8.78 Å². The summed E-state index contributed by atoms with van der Waals surface area (Å²) in [6, 6.07) is -0.609. The number of aliphatic hydroxyl groups is 1. The second-order valence-electron chi connectivity index (χ2n) is 2.80. The first-order chi connectivity index (χ1) is 5.25. The number of alkyl halides is 2. The zero-order valence-electron chi connectivity index (χ0n) is 6.34. The Morgan fingerprint density at radius 3 is 2.82 bits per heavy atom. The summed E-state index contributed by atoms with van der Waals surface area (Å²) in [6.07, 6.45) is -0.865. The van der Waals surface area contributed by atoms with E-state index in [1.807, 2.05) is 0 Å². The number of rotatable bonds is 3. The second kappa shape index (κ2) is 3.97. The minimum absolute atomic E-state index is 0.0246. The fourth-order valence-corrected chi connectivity index (χ4v) is 1.54. The molecular formula is C7H13F2NO. The second-order valence-corrected chi connectivity index (χ2v) is 2.80. The van der Waals surface area contributed by atoms with Crippen molar-refractivity contribution >= 4 is 0 Å². The van der Waals surface area contributed by atoms with E-state index in [1.54, 1.807) is 4.90 Å². The molecule has 1 fully saturated rings. The molecule has 0 amide bonds. The van der Waals surface area contributed by atoms with Gasteiger partial charge in [0.05, 0.1) is 12.6 Å². The van der Waals surface area contributed by atoms with Crippen molar-refractivity contribution in [2.24, 2.45) is 0 Å². The van der Waals surface area contributed by atoms with Gasteiger partial charge in [0.15, 0.2) is 0 Å². The molecule has 1 aliphatic rings. The summed E-state index contributed by atoms with van der Waals surface area (Å²) in [5.74, 6) is 0. The van der Waals surface area contributed by atoms with Gasteiger partial charge in [0, 0.05) is 6.54 Å². The Morgan fingerprint density at radius 2 is 2.27 bits per heavy atom. The van der Waals surface area contributed by atoms with Crippen molar-refractivity contribution in [1.82, 2.24) is 4.90 Å². The van der Waals surface area contributed by atoms with Gasteiger partial charge in [-0.1, -0.05) is 0 Å². The molecule has 0 aromatic rings. The van der Waals surface area contributed by atoms with Crippen molar-refractivity contribution in [2.75, 3.05) is 19.7 Å². The zero-order valence-corrected chi connectivity index (χ0v) is 6.34. The monoisotopic (exact) mass is 165 g/mol. The third-order valence-corrected chi connectivity index (χ3v) is 2.09. The zero-order chi connectivity index (χ0) is 8.27. The Bertz CT molecular complexity index is 121. The van der Waals surface area contributed by atoms with Crippen LogP contribution in [0, 0.1) is 0 Å². The molecule has 0 bridgehead atoms. The average molecular weight is 165 g/mol. The van der Waals surface area contributed by atoms with Crippen LogP contribution in [0.25, 0.3) is 0 Å². The maximum absolute atomic E-state index is 12.2. The van der Waals surface area contributed by atoms with Crippen molar-refractivity contribution in [1.29, 1.82) is 0 Å². The molecule has 1 rings (SSSR count). The van der Waals surface area contributed by atoms with Gasteiger partial charge in [-0.05, 0) is 19.4 Å². The lowest BCUT2D eigenvalue weighted by Crippen LogP contribution is -2.36. The molecule has 1 aliphatic heterocycles. The minimum Gasteiger partial charge on any atom is -0.395 e. The maximum Gasteiger partial charge on any atom is 0.253 e. The Labute approximate surface area is 64.8 Å². The van der Waals surface area contributed by atoms with E-state index in [0.29, 0.717) is 19.5 Å². The number of likely N-dealkylation sites (tertiary alicyclic amines) is 1. The highest BCUT2D eigenvalue weighted by Crippen LogP contribution is 2.21. The molecule has 1 atom stereocenters. The first-order valence-electron chi connectivity index (χ1n) is 3.88. The highest BCUT2D eigenvalue weighted by Gasteiger charge is 2.30. The van der Waals surface area contributed by atoms with Crippen LogP contribution in [0.5, 0.6) is 0 Å². The highest BCUT2D eigenvalue weighted by molar-refractivity contribution is 4.80. The molecule has 0 unspecified atom stereocenters. The lowest BCUT2D eigenvalue weighted by atomic mass is 10.2. The molecule has 0 saturated carbocycles. The van der Waals surface area contributed by atoms with Crippen molar-refractivity contribution in [3.63, 3.8) is 0 Å². The predicted molar refractivity (Wildman–Crippen MR) is 37.7 cm³/mol. The maximum atomic E-state index is 12.2. The molecule has 2 nitrogen and oxygen atoms in total. The minimum atomic E-state index is -2.26. The number of hydrogen-bond donors (Lipinski definition) is 1. The normalized spacial score (nSPS) is 26.7. The largest absolute Gasteiger partial charge is 0.395 e. The van der Waals surface area contributed by atoms with Gasteiger partial charge in [-0.3, -0.25) is 4.90 Å². The fourth-order valence-electron chi connectivity index (χ4n) is 1.54. The standard InChI is InChI=1S/C7H13F2NO/c8-7(9)6-2-1-3-10(6)4-5-11/h6-7,11H,1-5H2/t6-/m1/s1. The van der Waals surface area contributed by atoms with Crippen LogP contribution in [0.2, 0.25) is 0 Å². The molecule has 1 N–H and O–H groups in total. The molecule has 0 aromatic heterocycles. The molecule has 4 heteroatoms. The fraction of sp³-hybridized carbons (Fsp3) is 1.00. The summed E-state index contributed by atoms with van der Waals surface area (Å²) in [7, 11) is 0. The lowest BCUT2D eigenvalue weighted by Gasteiger charge is -2.22. The van der Waals surface area contributed by atoms with Crippen LogP contribution in [-0.2, 0) is 0 Å². The van der Waals surface area contributed by atoms with E-state index < -0.39 is 12.5 Å². The Balaban J connectivity index is 2.37. The van der Waals surface area contributed by atoms with Crippen LogP contribution in [0.3, 0.4) is 0 Å². The van der Waals surface area contributed by atoms with Crippen LogP contribution < -0.4 is 0 Å². The number of β-amino-alcohol motifs (C(OH)–C–C–N with tert-alkyl or cyclic N) is 1. The summed E-state index contributed by atoms with van der Waals surface area (Å²) in [5, 5.41) is 8.54. The quantitative estimate of drug-likeness (QED) is 0.665. The molecule has 0 aliphatic carbocycles. The van der Waals surface area contributed by atoms with E-state index in [0.717, 1.165) is 6.42 Å². The molecule has 11 heavy (non-hydrogen) atoms. The summed E-state index contributed by atoms with van der Waals surface area (Å²) in [4.78, 5) is 1.66. The molecule has 66 valence electrons. The topological polar surface area (TPSA) is 23.5 Å². The Morgan fingerprint density at radius 1 is 1.55 bits per heavy atom. The van der Waals surface area contributed by atoms with Crippen LogP contribution in [-0.4, -0.2) is 42.2 Å². The van der Waals surface area contributed by atoms with Gasteiger partial charge < -0.3 is 5.11 Å². The van der Waals surface area contributed by atoms with Gasteiger partial charge >= 0.3 is 0 Å². The predicted octanol–water partition coefficient (Wildman–Crippen LogP) is 0.708. The molecule has 0 spiro atoms. The van der Waals surface area contributed by atoms with Gasteiger partial charge in [0.2, 0.25) is 0 Å². The summed E-state index contributed by atoms with van der Waals surface area (Å²) in [6.45, 7) is 1.06. The molecule has 0 radical (unpaired) electrons. The molecular weight excluding hydrogens is 152 g/mol. The van der Waals surface area contributed by atoms with Crippen molar-refractivity contribution in [2.45, 2.75) is 25.3 Å². The van der Waals surface area contributed by atoms with E-state index in [4.69, 9.17) is 5.11 Å². The van der Waals surface area contributed by atoms with E-state index in [-0.39, 0.29) is 6.61 Å². The number of hydrogen-bond acceptors (Lipinski definition) is 2.